The lowest BCUT2D eigenvalue weighted by Gasteiger charge is -2.19. The Morgan fingerprint density at radius 2 is 1.38 bits per heavy atom. The fraction of sp³-hybridized carbons (Fsp3) is 0.419. The molecule has 8 nitrogen and oxygen atoms in total. The van der Waals surface area contributed by atoms with Crippen LogP contribution >= 0.6 is 0 Å². The number of H-pyrrole nitrogens is 2. The zero-order valence-electron chi connectivity index (χ0n) is 23.7. The van der Waals surface area contributed by atoms with Crippen LogP contribution in [-0.2, 0) is 22.4 Å². The summed E-state index contributed by atoms with van der Waals surface area (Å²) < 4.78 is 11.5. The van der Waals surface area contributed by atoms with E-state index in [9.17, 15) is 9.59 Å². The molecule has 0 bridgehead atoms. The van der Waals surface area contributed by atoms with Crippen molar-refractivity contribution < 1.29 is 19.1 Å². The van der Waals surface area contributed by atoms with Gasteiger partial charge in [0, 0.05) is 53.7 Å². The summed E-state index contributed by atoms with van der Waals surface area (Å²) in [6.45, 7) is 6.20. The van der Waals surface area contributed by atoms with Gasteiger partial charge in [-0.15, -0.1) is 0 Å². The van der Waals surface area contributed by atoms with Gasteiger partial charge in [-0.3, -0.25) is 9.59 Å². The number of hydrogen-bond acceptors (Lipinski definition) is 6. The second-order valence-corrected chi connectivity index (χ2v) is 10.5. The minimum Gasteiger partial charge on any atom is -0.426 e. The number of rotatable bonds is 13. The summed E-state index contributed by atoms with van der Waals surface area (Å²) in [6, 6.07) is 11.5. The molecule has 2 aromatic carbocycles. The van der Waals surface area contributed by atoms with Crippen molar-refractivity contribution >= 4 is 33.7 Å². The predicted molar refractivity (Wildman–Crippen MR) is 155 cm³/mol. The van der Waals surface area contributed by atoms with Gasteiger partial charge in [-0.2, -0.15) is 0 Å². The van der Waals surface area contributed by atoms with Gasteiger partial charge in [0.2, 0.25) is 0 Å². The number of fused-ring (bicyclic) bond motifs is 2. The van der Waals surface area contributed by atoms with Crippen molar-refractivity contribution in [2.45, 2.75) is 39.5 Å². The highest BCUT2D eigenvalue weighted by Crippen LogP contribution is 2.31. The minimum absolute atomic E-state index is 0.213. The van der Waals surface area contributed by atoms with Gasteiger partial charge in [-0.1, -0.05) is 26.0 Å². The summed E-state index contributed by atoms with van der Waals surface area (Å²) in [5, 5.41) is 1.94. The van der Waals surface area contributed by atoms with Crippen LogP contribution in [0, 0.1) is 5.92 Å². The van der Waals surface area contributed by atoms with Crippen molar-refractivity contribution in [3.05, 3.63) is 59.9 Å². The second kappa shape index (κ2) is 13.0. The quantitative estimate of drug-likeness (QED) is 0.182. The molecule has 208 valence electrons. The number of esters is 2. The number of nitrogens with zero attached hydrogens (tertiary/aromatic N) is 2. The van der Waals surface area contributed by atoms with E-state index in [-0.39, 0.29) is 17.9 Å². The molecule has 0 amide bonds. The number of likely N-dealkylation sites (N-methyl/N-ethyl adjacent to an activating group) is 2. The summed E-state index contributed by atoms with van der Waals surface area (Å²) in [5.74, 6) is 0.517. The van der Waals surface area contributed by atoms with Gasteiger partial charge in [0.05, 0.1) is 5.92 Å². The van der Waals surface area contributed by atoms with Crippen molar-refractivity contribution in [3.63, 3.8) is 0 Å². The van der Waals surface area contributed by atoms with Gasteiger partial charge < -0.3 is 29.2 Å². The molecular weight excluding hydrogens is 492 g/mol. The van der Waals surface area contributed by atoms with Crippen LogP contribution in [0.5, 0.6) is 11.5 Å². The van der Waals surface area contributed by atoms with Crippen LogP contribution < -0.4 is 9.47 Å². The normalized spacial score (nSPS) is 12.5. The molecule has 0 radical (unpaired) electrons. The Morgan fingerprint density at radius 3 is 1.95 bits per heavy atom. The molecule has 2 heterocycles. The van der Waals surface area contributed by atoms with E-state index in [1.165, 1.54) is 0 Å². The van der Waals surface area contributed by atoms with E-state index >= 15 is 0 Å². The first-order valence-corrected chi connectivity index (χ1v) is 13.7. The van der Waals surface area contributed by atoms with Gasteiger partial charge in [-0.25, -0.2) is 0 Å². The molecule has 0 saturated heterocycles. The molecule has 1 unspecified atom stereocenters. The van der Waals surface area contributed by atoms with Gasteiger partial charge >= 0.3 is 11.9 Å². The average Bonchev–Trinajstić information content (AvgIpc) is 3.54. The Labute approximate surface area is 230 Å². The third-order valence-electron chi connectivity index (χ3n) is 7.16. The second-order valence-electron chi connectivity index (χ2n) is 10.5. The van der Waals surface area contributed by atoms with Crippen LogP contribution in [-0.4, -0.2) is 72.5 Å². The summed E-state index contributed by atoms with van der Waals surface area (Å²) in [5.41, 5.74) is 4.19. The SMILES string of the molecule is CCC(=O)Oc1cccc2[nH]cc(CCN(C)CCC(C)C(=O)Oc3cccc4[nH]cc(CCN(C)C)c34)c12. The lowest BCUT2D eigenvalue weighted by atomic mass is 10.1. The van der Waals surface area contributed by atoms with Gasteiger partial charge in [0.15, 0.2) is 0 Å². The number of aromatic nitrogens is 2. The number of nitrogens with one attached hydrogen (secondary N) is 2. The number of ether oxygens (including phenoxy) is 2. The average molecular weight is 533 g/mol. The maximum absolute atomic E-state index is 13.0. The lowest BCUT2D eigenvalue weighted by molar-refractivity contribution is -0.138. The molecule has 4 rings (SSSR count). The highest BCUT2D eigenvalue weighted by Gasteiger charge is 2.19. The maximum atomic E-state index is 13.0. The Balaban J connectivity index is 1.32. The lowest BCUT2D eigenvalue weighted by Crippen LogP contribution is -2.27. The van der Waals surface area contributed by atoms with Crippen LogP contribution in [0.1, 0.15) is 37.8 Å². The summed E-state index contributed by atoms with van der Waals surface area (Å²) >= 11 is 0. The van der Waals surface area contributed by atoms with Crippen LogP contribution in [0.3, 0.4) is 0 Å². The number of carbonyl (C=O) groups excluding carboxylic acids is 2. The number of hydrogen-bond donors (Lipinski definition) is 2. The van der Waals surface area contributed by atoms with Crippen LogP contribution in [0.2, 0.25) is 0 Å². The largest absolute Gasteiger partial charge is 0.426 e. The van der Waals surface area contributed by atoms with E-state index < -0.39 is 0 Å². The van der Waals surface area contributed by atoms with Crippen molar-refractivity contribution in [2.75, 3.05) is 40.8 Å². The van der Waals surface area contributed by atoms with E-state index in [2.05, 4.69) is 40.9 Å². The third-order valence-corrected chi connectivity index (χ3v) is 7.16. The number of aromatic amines is 2. The van der Waals surface area contributed by atoms with Crippen molar-refractivity contribution in [1.82, 2.24) is 19.8 Å². The van der Waals surface area contributed by atoms with Crippen LogP contribution in [0.25, 0.3) is 21.8 Å². The molecule has 39 heavy (non-hydrogen) atoms. The molecule has 2 N–H and O–H groups in total. The molecule has 2 aromatic heterocycles. The number of benzene rings is 2. The van der Waals surface area contributed by atoms with Crippen LogP contribution in [0.15, 0.2) is 48.8 Å². The summed E-state index contributed by atoms with van der Waals surface area (Å²) in [7, 11) is 6.16. The Bertz CT molecular complexity index is 1420. The first-order valence-electron chi connectivity index (χ1n) is 13.7. The molecule has 0 aliphatic carbocycles. The minimum atomic E-state index is -0.245. The van der Waals surface area contributed by atoms with Gasteiger partial charge in [-0.05, 0) is 82.3 Å². The topological polar surface area (TPSA) is 90.7 Å². The Hall–Kier alpha value is -3.62. The smallest absolute Gasteiger partial charge is 0.314 e. The van der Waals surface area contributed by atoms with E-state index in [1.54, 1.807) is 6.92 Å². The molecule has 0 saturated carbocycles. The molecule has 0 aliphatic rings. The molecule has 0 fully saturated rings. The van der Waals surface area contributed by atoms with E-state index in [4.69, 9.17) is 9.47 Å². The van der Waals surface area contributed by atoms with Gasteiger partial charge in [0.1, 0.15) is 11.5 Å². The number of carbonyl (C=O) groups is 2. The molecule has 8 heteroatoms. The standard InChI is InChI=1S/C31H40N4O4/c1-6-28(36)38-26-11-7-9-24-29(26)23(20-33-24)15-18-35(5)17-13-21(2)31(37)39-27-12-8-10-25-30(27)22(19-32-25)14-16-34(3)4/h7-12,19-21,32-33H,6,13-18H2,1-5H3. The Morgan fingerprint density at radius 1 is 0.821 bits per heavy atom. The molecular formula is C31H40N4O4. The highest BCUT2D eigenvalue weighted by atomic mass is 16.5. The van der Waals surface area contributed by atoms with E-state index in [1.807, 2.05) is 55.7 Å². The Kier molecular flexibility index (Phi) is 9.43. The summed E-state index contributed by atoms with van der Waals surface area (Å²) in [6.07, 6.45) is 6.68. The zero-order valence-corrected chi connectivity index (χ0v) is 23.7. The highest BCUT2D eigenvalue weighted by molar-refractivity contribution is 5.92. The summed E-state index contributed by atoms with van der Waals surface area (Å²) in [4.78, 5) is 35.8. The van der Waals surface area contributed by atoms with Crippen molar-refractivity contribution in [2.24, 2.45) is 5.92 Å². The third kappa shape index (κ3) is 7.07. The predicted octanol–water partition coefficient (Wildman–Crippen LogP) is 5.17. The van der Waals surface area contributed by atoms with Crippen molar-refractivity contribution in [3.8, 4) is 11.5 Å². The monoisotopic (exact) mass is 532 g/mol. The zero-order chi connectivity index (χ0) is 27.9. The van der Waals surface area contributed by atoms with Crippen LogP contribution in [0.4, 0.5) is 0 Å². The fourth-order valence-corrected chi connectivity index (χ4v) is 4.71. The van der Waals surface area contributed by atoms with Gasteiger partial charge in [0.25, 0.3) is 0 Å². The fourth-order valence-electron chi connectivity index (χ4n) is 4.71. The first-order chi connectivity index (χ1) is 18.8. The maximum Gasteiger partial charge on any atom is 0.314 e. The molecule has 1 atom stereocenters. The molecule has 0 aliphatic heterocycles. The molecule has 0 spiro atoms. The molecule has 4 aromatic rings. The van der Waals surface area contributed by atoms with E-state index in [0.717, 1.165) is 65.4 Å². The van der Waals surface area contributed by atoms with E-state index in [0.29, 0.717) is 24.3 Å². The van der Waals surface area contributed by atoms with Crippen molar-refractivity contribution in [1.29, 1.82) is 0 Å². The first kappa shape index (κ1) is 28.4.